The number of amides is 1. The Bertz CT molecular complexity index is 1050. The fourth-order valence-electron chi connectivity index (χ4n) is 3.24. The van der Waals surface area contributed by atoms with E-state index < -0.39 is 5.91 Å². The highest BCUT2D eigenvalue weighted by atomic mass is 16.5. The first-order valence-electron chi connectivity index (χ1n) is 10.0. The van der Waals surface area contributed by atoms with Crippen molar-refractivity contribution in [2.75, 3.05) is 26.3 Å². The van der Waals surface area contributed by atoms with Crippen LogP contribution in [0.2, 0.25) is 0 Å². The molecule has 3 rings (SSSR count). The molecule has 0 radical (unpaired) electrons. The quantitative estimate of drug-likeness (QED) is 0.474. The number of rotatable bonds is 11. The Balaban J connectivity index is 1.92. The van der Waals surface area contributed by atoms with Crippen LogP contribution in [-0.2, 0) is 22.5 Å². The molecule has 1 heterocycles. The van der Waals surface area contributed by atoms with Crippen LogP contribution in [-0.4, -0.2) is 36.8 Å². The lowest BCUT2D eigenvalue weighted by molar-refractivity contribution is -0.117. The van der Waals surface area contributed by atoms with Gasteiger partial charge in [0.15, 0.2) is 0 Å². The number of fused-ring (bicyclic) bond motifs is 1. The number of pyridine rings is 1. The molecule has 0 aliphatic carbocycles. The second-order valence-corrected chi connectivity index (χ2v) is 6.85. The molecule has 7 nitrogen and oxygen atoms in total. The zero-order valence-electron chi connectivity index (χ0n) is 17.1. The molecule has 3 aromatic rings. The minimum atomic E-state index is -0.423. The fourth-order valence-corrected chi connectivity index (χ4v) is 3.24. The maximum atomic E-state index is 13.1. The normalized spacial score (nSPS) is 11.0. The number of hydrogen-bond donors (Lipinski definition) is 2. The molecule has 1 aromatic heterocycles. The first-order chi connectivity index (χ1) is 14.6. The second-order valence-electron chi connectivity index (χ2n) is 6.85. The maximum absolute atomic E-state index is 13.1. The van der Waals surface area contributed by atoms with E-state index in [2.05, 4.69) is 5.32 Å². The summed E-state index contributed by atoms with van der Waals surface area (Å²) >= 11 is 0. The van der Waals surface area contributed by atoms with Crippen LogP contribution in [0.25, 0.3) is 10.9 Å². The Morgan fingerprint density at radius 1 is 1.10 bits per heavy atom. The summed E-state index contributed by atoms with van der Waals surface area (Å²) < 4.78 is 13.1. The zero-order valence-corrected chi connectivity index (χ0v) is 17.1. The van der Waals surface area contributed by atoms with Crippen LogP contribution < -0.4 is 21.3 Å². The van der Waals surface area contributed by atoms with Gasteiger partial charge in [0, 0.05) is 24.8 Å². The van der Waals surface area contributed by atoms with Crippen molar-refractivity contribution in [3.63, 3.8) is 0 Å². The number of carbonyl (C=O) groups is 1. The van der Waals surface area contributed by atoms with Crippen LogP contribution in [0.5, 0.6) is 11.5 Å². The Kier molecular flexibility index (Phi) is 7.59. The third kappa shape index (κ3) is 5.68. The summed E-state index contributed by atoms with van der Waals surface area (Å²) in [7, 11) is 0. The molecule has 3 N–H and O–H groups in total. The number of primary amides is 1. The van der Waals surface area contributed by atoms with Gasteiger partial charge in [0.2, 0.25) is 5.91 Å². The Labute approximate surface area is 175 Å². The summed E-state index contributed by atoms with van der Waals surface area (Å²) in [6.07, 6.45) is 0.499. The van der Waals surface area contributed by atoms with Crippen molar-refractivity contribution >= 4 is 16.8 Å². The molecule has 0 saturated carbocycles. The van der Waals surface area contributed by atoms with Crippen molar-refractivity contribution < 1.29 is 14.3 Å². The molecule has 30 heavy (non-hydrogen) atoms. The number of carbonyl (C=O) groups excluding carboxylic acids is 1. The number of benzene rings is 2. The van der Waals surface area contributed by atoms with Crippen LogP contribution >= 0.6 is 0 Å². The van der Waals surface area contributed by atoms with Gasteiger partial charge in [-0.15, -0.1) is 0 Å². The first kappa shape index (κ1) is 21.5. The monoisotopic (exact) mass is 409 g/mol. The number of ether oxygens (including phenoxy) is 2. The van der Waals surface area contributed by atoms with E-state index in [1.807, 2.05) is 61.5 Å². The smallest absolute Gasteiger partial charge is 0.254 e. The van der Waals surface area contributed by atoms with Crippen molar-refractivity contribution in [2.45, 2.75) is 19.9 Å². The van der Waals surface area contributed by atoms with Crippen LogP contribution in [0.1, 0.15) is 12.5 Å². The third-order valence-corrected chi connectivity index (χ3v) is 4.65. The summed E-state index contributed by atoms with van der Waals surface area (Å²) in [5.74, 6) is 0.972. The zero-order chi connectivity index (χ0) is 21.3. The van der Waals surface area contributed by atoms with E-state index >= 15 is 0 Å². The van der Waals surface area contributed by atoms with Crippen LogP contribution in [0.4, 0.5) is 0 Å². The summed E-state index contributed by atoms with van der Waals surface area (Å²) in [4.78, 5) is 24.0. The van der Waals surface area contributed by atoms with Gasteiger partial charge < -0.3 is 25.1 Å². The predicted molar refractivity (Wildman–Crippen MR) is 117 cm³/mol. The molecule has 0 saturated heterocycles. The van der Waals surface area contributed by atoms with Gasteiger partial charge in [0.25, 0.3) is 5.56 Å². The van der Waals surface area contributed by atoms with E-state index in [0.29, 0.717) is 44.0 Å². The van der Waals surface area contributed by atoms with Crippen molar-refractivity contribution in [3.05, 3.63) is 70.5 Å². The van der Waals surface area contributed by atoms with Gasteiger partial charge in [-0.2, -0.15) is 0 Å². The number of hydrogen-bond acceptors (Lipinski definition) is 5. The standard InChI is InChI=1S/C23H27N3O4/c1-2-29-13-12-26-21-15-20(30-19-6-4-3-5-7-19)9-8-17(21)14-18(23(26)28)10-11-25-16-22(24)27/h3-9,14-15,25H,2,10-13,16H2,1H3,(H2,24,27). The minimum absolute atomic E-state index is 0.0695. The van der Waals surface area contributed by atoms with E-state index in [1.54, 1.807) is 4.57 Å². The summed E-state index contributed by atoms with van der Waals surface area (Å²) in [5.41, 5.74) is 6.54. The molecule has 7 heteroatoms. The average Bonchev–Trinajstić information content (AvgIpc) is 2.74. The molecular formula is C23H27N3O4. The van der Waals surface area contributed by atoms with Crippen molar-refractivity contribution in [1.82, 2.24) is 9.88 Å². The molecule has 0 atom stereocenters. The van der Waals surface area contributed by atoms with E-state index in [0.717, 1.165) is 16.7 Å². The van der Waals surface area contributed by atoms with E-state index in [1.165, 1.54) is 0 Å². The van der Waals surface area contributed by atoms with Gasteiger partial charge in [-0.3, -0.25) is 9.59 Å². The molecule has 0 aliphatic rings. The molecule has 2 aromatic carbocycles. The Morgan fingerprint density at radius 3 is 2.63 bits per heavy atom. The molecule has 0 unspecified atom stereocenters. The van der Waals surface area contributed by atoms with Gasteiger partial charge in [-0.25, -0.2) is 0 Å². The number of nitrogens with one attached hydrogen (secondary N) is 1. The Morgan fingerprint density at radius 2 is 1.90 bits per heavy atom. The molecule has 0 fully saturated rings. The van der Waals surface area contributed by atoms with Gasteiger partial charge in [0.05, 0.1) is 18.7 Å². The fraction of sp³-hybridized carbons (Fsp3) is 0.304. The molecule has 158 valence electrons. The SMILES string of the molecule is CCOCCn1c(=O)c(CCNCC(N)=O)cc2ccc(Oc3ccccc3)cc21. The molecular weight excluding hydrogens is 382 g/mol. The van der Waals surface area contributed by atoms with E-state index in [9.17, 15) is 9.59 Å². The molecule has 0 bridgehead atoms. The topological polar surface area (TPSA) is 95.6 Å². The third-order valence-electron chi connectivity index (χ3n) is 4.65. The molecule has 1 amide bonds. The van der Waals surface area contributed by atoms with E-state index in [-0.39, 0.29) is 12.1 Å². The van der Waals surface area contributed by atoms with Crippen molar-refractivity contribution in [1.29, 1.82) is 0 Å². The number of aromatic nitrogens is 1. The van der Waals surface area contributed by atoms with E-state index in [4.69, 9.17) is 15.2 Å². The highest BCUT2D eigenvalue weighted by Gasteiger charge is 2.11. The Hall–Kier alpha value is -3.16. The lowest BCUT2D eigenvalue weighted by Crippen LogP contribution is -2.32. The summed E-state index contributed by atoms with van der Waals surface area (Å²) in [6.45, 7) is 3.98. The number of nitrogens with two attached hydrogens (primary N) is 1. The summed E-state index contributed by atoms with van der Waals surface area (Å²) in [5, 5.41) is 3.89. The lowest BCUT2D eigenvalue weighted by Gasteiger charge is -2.15. The summed E-state index contributed by atoms with van der Waals surface area (Å²) in [6, 6.07) is 17.1. The molecule has 0 aliphatic heterocycles. The minimum Gasteiger partial charge on any atom is -0.457 e. The van der Waals surface area contributed by atoms with Gasteiger partial charge in [-0.1, -0.05) is 18.2 Å². The van der Waals surface area contributed by atoms with Crippen LogP contribution in [0, 0.1) is 0 Å². The lowest BCUT2D eigenvalue weighted by atomic mass is 10.1. The number of para-hydroxylation sites is 1. The first-order valence-corrected chi connectivity index (χ1v) is 10.0. The van der Waals surface area contributed by atoms with Crippen molar-refractivity contribution in [2.24, 2.45) is 5.73 Å². The largest absolute Gasteiger partial charge is 0.457 e. The second kappa shape index (κ2) is 10.6. The maximum Gasteiger partial charge on any atom is 0.254 e. The van der Waals surface area contributed by atoms with Gasteiger partial charge in [0.1, 0.15) is 11.5 Å². The number of nitrogens with zero attached hydrogens (tertiary/aromatic N) is 1. The van der Waals surface area contributed by atoms with Gasteiger partial charge in [-0.05, 0) is 55.6 Å². The van der Waals surface area contributed by atoms with Crippen LogP contribution in [0.15, 0.2) is 59.4 Å². The van der Waals surface area contributed by atoms with Crippen LogP contribution in [0.3, 0.4) is 0 Å². The highest BCUT2D eigenvalue weighted by Crippen LogP contribution is 2.25. The van der Waals surface area contributed by atoms with Crippen molar-refractivity contribution in [3.8, 4) is 11.5 Å². The average molecular weight is 409 g/mol. The van der Waals surface area contributed by atoms with Gasteiger partial charge >= 0.3 is 0 Å². The predicted octanol–water partition coefficient (Wildman–Crippen LogP) is 2.45. The highest BCUT2D eigenvalue weighted by molar-refractivity contribution is 5.81. The molecule has 0 spiro atoms.